The Balaban J connectivity index is 2.59. The molecule has 1 aliphatic rings. The monoisotopic (exact) mass is 269 g/mol. The Bertz CT molecular complexity index is 389. The molecule has 2 nitrogen and oxygen atoms in total. The number of aliphatic hydroxyl groups is 1. The molecule has 15 heavy (non-hydrogen) atoms. The summed E-state index contributed by atoms with van der Waals surface area (Å²) >= 11 is 3.47. The summed E-state index contributed by atoms with van der Waals surface area (Å²) in [7, 11) is 0. The first-order valence-corrected chi connectivity index (χ1v) is 5.95. The Morgan fingerprint density at radius 1 is 1.47 bits per heavy atom. The average molecular weight is 270 g/mol. The normalized spacial score (nSPS) is 28.6. The van der Waals surface area contributed by atoms with E-state index < -0.39 is 6.10 Å². The largest absolute Gasteiger partial charge is 0.391 e. The third-order valence-corrected chi connectivity index (χ3v) is 3.73. The molecule has 3 N–H and O–H groups in total. The van der Waals surface area contributed by atoms with Crippen molar-refractivity contribution in [2.24, 2.45) is 5.73 Å². The molecule has 0 saturated heterocycles. The maximum Gasteiger partial charge on any atom is 0.0741 e. The molecule has 82 valence electrons. The van der Waals surface area contributed by atoms with Crippen LogP contribution >= 0.6 is 15.9 Å². The van der Waals surface area contributed by atoms with Crippen LogP contribution in [0, 0.1) is 0 Å². The molecule has 0 saturated carbocycles. The minimum absolute atomic E-state index is 0.00556. The molecule has 0 unspecified atom stereocenters. The second-order valence-electron chi connectivity index (χ2n) is 4.91. The van der Waals surface area contributed by atoms with Gasteiger partial charge < -0.3 is 10.8 Å². The fraction of sp³-hybridized carbons (Fsp3) is 0.500. The lowest BCUT2D eigenvalue weighted by Crippen LogP contribution is -2.39. The van der Waals surface area contributed by atoms with Gasteiger partial charge >= 0.3 is 0 Å². The van der Waals surface area contributed by atoms with E-state index in [1.54, 1.807) is 0 Å². The van der Waals surface area contributed by atoms with Crippen molar-refractivity contribution in [1.82, 2.24) is 0 Å². The number of rotatable bonds is 0. The van der Waals surface area contributed by atoms with E-state index in [9.17, 15) is 5.11 Å². The summed E-state index contributed by atoms with van der Waals surface area (Å²) < 4.78 is 1.07. The van der Waals surface area contributed by atoms with Crippen molar-refractivity contribution in [2.75, 3.05) is 0 Å². The molecule has 0 aromatic heterocycles. The standard InChI is InChI=1S/C12H16BrNO/c1-12(2)6-10(15)11(14)8-4-3-7(13)5-9(8)12/h3-5,10-11,15H,6,14H2,1-2H3/t10-,11-/m0/s1. The first-order valence-electron chi connectivity index (χ1n) is 5.15. The zero-order chi connectivity index (χ0) is 11.2. The first-order chi connectivity index (χ1) is 6.92. The van der Waals surface area contributed by atoms with E-state index in [0.717, 1.165) is 16.5 Å². The van der Waals surface area contributed by atoms with Gasteiger partial charge in [-0.05, 0) is 35.1 Å². The van der Waals surface area contributed by atoms with Crippen molar-refractivity contribution in [1.29, 1.82) is 0 Å². The molecule has 0 heterocycles. The van der Waals surface area contributed by atoms with Crippen LogP contribution in [0.4, 0.5) is 0 Å². The molecular formula is C12H16BrNO. The molecule has 0 amide bonds. The molecule has 3 heteroatoms. The maximum absolute atomic E-state index is 9.89. The van der Waals surface area contributed by atoms with E-state index in [4.69, 9.17) is 5.73 Å². The van der Waals surface area contributed by atoms with E-state index in [0.29, 0.717) is 0 Å². The van der Waals surface area contributed by atoms with E-state index in [-0.39, 0.29) is 11.5 Å². The van der Waals surface area contributed by atoms with Crippen LogP contribution in [-0.4, -0.2) is 11.2 Å². The van der Waals surface area contributed by atoms with Gasteiger partial charge in [0.15, 0.2) is 0 Å². The highest BCUT2D eigenvalue weighted by Gasteiger charge is 2.36. The fourth-order valence-corrected chi connectivity index (χ4v) is 2.73. The quantitative estimate of drug-likeness (QED) is 0.760. The summed E-state index contributed by atoms with van der Waals surface area (Å²) in [6, 6.07) is 5.85. The van der Waals surface area contributed by atoms with Crippen molar-refractivity contribution in [2.45, 2.75) is 37.8 Å². The van der Waals surface area contributed by atoms with Gasteiger partial charge in [0.2, 0.25) is 0 Å². The molecule has 0 spiro atoms. The van der Waals surface area contributed by atoms with Crippen LogP contribution < -0.4 is 5.73 Å². The van der Waals surface area contributed by atoms with Crippen LogP contribution in [0.5, 0.6) is 0 Å². The van der Waals surface area contributed by atoms with E-state index in [2.05, 4.69) is 35.8 Å². The van der Waals surface area contributed by atoms with Gasteiger partial charge in [0, 0.05) is 4.47 Å². The van der Waals surface area contributed by atoms with Crippen LogP contribution in [0.15, 0.2) is 22.7 Å². The van der Waals surface area contributed by atoms with Gasteiger partial charge in [-0.1, -0.05) is 35.8 Å². The third-order valence-electron chi connectivity index (χ3n) is 3.24. The number of halogens is 1. The Morgan fingerprint density at radius 2 is 2.13 bits per heavy atom. The molecular weight excluding hydrogens is 254 g/mol. The second-order valence-corrected chi connectivity index (χ2v) is 5.83. The summed E-state index contributed by atoms with van der Waals surface area (Å²) in [5.41, 5.74) is 8.31. The number of nitrogens with two attached hydrogens (primary N) is 1. The van der Waals surface area contributed by atoms with Gasteiger partial charge in [0.25, 0.3) is 0 Å². The van der Waals surface area contributed by atoms with Crippen LogP contribution in [0.25, 0.3) is 0 Å². The lowest BCUT2D eigenvalue weighted by molar-refractivity contribution is 0.0994. The Labute approximate surface area is 98.6 Å². The van der Waals surface area contributed by atoms with Crippen LogP contribution in [-0.2, 0) is 5.41 Å². The summed E-state index contributed by atoms with van der Waals surface area (Å²) in [4.78, 5) is 0. The predicted molar refractivity (Wildman–Crippen MR) is 64.7 cm³/mol. The second kappa shape index (κ2) is 3.58. The molecule has 0 fully saturated rings. The summed E-state index contributed by atoms with van der Waals surface area (Å²) in [6.45, 7) is 4.29. The zero-order valence-electron chi connectivity index (χ0n) is 9.00. The van der Waals surface area contributed by atoms with Crippen molar-refractivity contribution >= 4 is 15.9 Å². The molecule has 2 rings (SSSR count). The van der Waals surface area contributed by atoms with Gasteiger partial charge in [0.1, 0.15) is 0 Å². The Kier molecular flexibility index (Phi) is 2.65. The molecule has 0 aliphatic heterocycles. The van der Waals surface area contributed by atoms with Crippen molar-refractivity contribution in [3.05, 3.63) is 33.8 Å². The van der Waals surface area contributed by atoms with E-state index >= 15 is 0 Å². The van der Waals surface area contributed by atoms with Gasteiger partial charge in [-0.15, -0.1) is 0 Å². The van der Waals surface area contributed by atoms with Gasteiger partial charge in [-0.3, -0.25) is 0 Å². The van der Waals surface area contributed by atoms with Crippen LogP contribution in [0.1, 0.15) is 37.4 Å². The van der Waals surface area contributed by atoms with Gasteiger partial charge in [-0.25, -0.2) is 0 Å². The topological polar surface area (TPSA) is 46.2 Å². The van der Waals surface area contributed by atoms with Crippen molar-refractivity contribution in [3.8, 4) is 0 Å². The minimum atomic E-state index is -0.436. The number of benzene rings is 1. The highest BCUT2D eigenvalue weighted by atomic mass is 79.9. The highest BCUT2D eigenvalue weighted by Crippen LogP contribution is 2.41. The molecule has 1 aliphatic carbocycles. The molecule has 1 aromatic carbocycles. The van der Waals surface area contributed by atoms with E-state index in [1.807, 2.05) is 12.1 Å². The Morgan fingerprint density at radius 3 is 2.80 bits per heavy atom. The molecule has 2 atom stereocenters. The minimum Gasteiger partial charge on any atom is -0.391 e. The van der Waals surface area contributed by atoms with Crippen LogP contribution in [0.2, 0.25) is 0 Å². The number of hydrogen-bond donors (Lipinski definition) is 2. The summed E-state index contributed by atoms with van der Waals surface area (Å²) in [5.74, 6) is 0. The molecule has 0 bridgehead atoms. The number of aliphatic hydroxyl groups excluding tert-OH is 1. The summed E-state index contributed by atoms with van der Waals surface area (Å²) in [6.07, 6.45) is 0.283. The number of hydrogen-bond acceptors (Lipinski definition) is 2. The van der Waals surface area contributed by atoms with Gasteiger partial charge in [-0.2, -0.15) is 0 Å². The third kappa shape index (κ3) is 1.84. The fourth-order valence-electron chi connectivity index (χ4n) is 2.37. The van der Waals surface area contributed by atoms with Gasteiger partial charge in [0.05, 0.1) is 12.1 Å². The first kappa shape index (κ1) is 11.1. The zero-order valence-corrected chi connectivity index (χ0v) is 10.6. The SMILES string of the molecule is CC1(C)C[C@H](O)[C@@H](N)c2ccc(Br)cc21. The highest BCUT2D eigenvalue weighted by molar-refractivity contribution is 9.10. The lowest BCUT2D eigenvalue weighted by atomic mass is 9.70. The lowest BCUT2D eigenvalue weighted by Gasteiger charge is -2.39. The van der Waals surface area contributed by atoms with Crippen molar-refractivity contribution in [3.63, 3.8) is 0 Å². The number of fused-ring (bicyclic) bond motifs is 1. The van der Waals surface area contributed by atoms with E-state index in [1.165, 1.54) is 5.56 Å². The molecule has 0 radical (unpaired) electrons. The maximum atomic E-state index is 9.89. The van der Waals surface area contributed by atoms with Crippen molar-refractivity contribution < 1.29 is 5.11 Å². The summed E-state index contributed by atoms with van der Waals surface area (Å²) in [5, 5.41) is 9.89. The molecule has 1 aromatic rings. The Hall–Kier alpha value is -0.380. The predicted octanol–water partition coefficient (Wildman–Crippen LogP) is 2.49. The van der Waals surface area contributed by atoms with Crippen LogP contribution in [0.3, 0.4) is 0 Å². The smallest absolute Gasteiger partial charge is 0.0741 e. The average Bonchev–Trinajstić information content (AvgIpc) is 2.14.